The minimum atomic E-state index is 0.371. The Labute approximate surface area is 113 Å². The number of hydrogen-bond acceptors (Lipinski definition) is 2. The van der Waals surface area contributed by atoms with Gasteiger partial charge in [-0.3, -0.25) is 0 Å². The smallest absolute Gasteiger partial charge is 0.0291 e. The first-order valence-electron chi connectivity index (χ1n) is 6.23. The largest absolute Gasteiger partial charge is 0.330 e. The van der Waals surface area contributed by atoms with Gasteiger partial charge in [-0.25, -0.2) is 0 Å². The third-order valence-corrected chi connectivity index (χ3v) is 3.83. The molecule has 0 spiro atoms. The fourth-order valence-corrected chi connectivity index (χ4v) is 2.05. The molecule has 0 aliphatic rings. The van der Waals surface area contributed by atoms with Crippen molar-refractivity contribution in [1.29, 1.82) is 0 Å². The third kappa shape index (κ3) is 4.78. The van der Waals surface area contributed by atoms with Crippen LogP contribution in [0.4, 0.5) is 0 Å². The van der Waals surface area contributed by atoms with Crippen LogP contribution >= 0.6 is 15.9 Å². The average molecular weight is 299 g/mol. The molecule has 3 heteroatoms. The van der Waals surface area contributed by atoms with Crippen molar-refractivity contribution in [2.75, 3.05) is 13.1 Å². The van der Waals surface area contributed by atoms with E-state index >= 15 is 0 Å². The Morgan fingerprint density at radius 3 is 2.24 bits per heavy atom. The highest BCUT2D eigenvalue weighted by molar-refractivity contribution is 9.10. The topological polar surface area (TPSA) is 38.0 Å². The summed E-state index contributed by atoms with van der Waals surface area (Å²) in [6, 6.07) is 8.83. The average Bonchev–Trinajstić information content (AvgIpc) is 2.30. The maximum absolute atomic E-state index is 5.77. The van der Waals surface area contributed by atoms with Crippen molar-refractivity contribution in [2.24, 2.45) is 17.6 Å². The van der Waals surface area contributed by atoms with Gasteiger partial charge < -0.3 is 11.1 Å². The second-order valence-electron chi connectivity index (χ2n) is 4.92. The van der Waals surface area contributed by atoms with Gasteiger partial charge >= 0.3 is 0 Å². The van der Waals surface area contributed by atoms with Gasteiger partial charge in [0.05, 0.1) is 0 Å². The van der Waals surface area contributed by atoms with Crippen LogP contribution in [0.5, 0.6) is 0 Å². The minimum absolute atomic E-state index is 0.371. The van der Waals surface area contributed by atoms with Gasteiger partial charge in [-0.1, -0.05) is 41.9 Å². The van der Waals surface area contributed by atoms with Gasteiger partial charge in [0, 0.05) is 10.5 Å². The van der Waals surface area contributed by atoms with Gasteiger partial charge in [0.15, 0.2) is 0 Å². The molecule has 96 valence electrons. The number of nitrogens with two attached hydrogens (primary N) is 1. The first-order chi connectivity index (χ1) is 8.04. The Morgan fingerprint density at radius 1 is 1.18 bits per heavy atom. The summed E-state index contributed by atoms with van der Waals surface area (Å²) in [4.78, 5) is 0. The third-order valence-electron chi connectivity index (χ3n) is 3.30. The van der Waals surface area contributed by atoms with Crippen molar-refractivity contribution >= 4 is 15.9 Å². The second-order valence-corrected chi connectivity index (χ2v) is 5.84. The Bertz CT molecular complexity index is 321. The van der Waals surface area contributed by atoms with Crippen molar-refractivity contribution < 1.29 is 0 Å². The molecule has 0 bridgehead atoms. The quantitative estimate of drug-likeness (QED) is 0.845. The van der Waals surface area contributed by atoms with Crippen molar-refractivity contribution in [3.63, 3.8) is 0 Å². The lowest BCUT2D eigenvalue weighted by molar-refractivity contribution is 0.356. The molecule has 0 aliphatic heterocycles. The first kappa shape index (κ1) is 14.7. The normalized spacial score (nSPS) is 14.9. The summed E-state index contributed by atoms with van der Waals surface area (Å²) >= 11 is 3.45. The van der Waals surface area contributed by atoms with Gasteiger partial charge in [0.2, 0.25) is 0 Å². The van der Waals surface area contributed by atoms with E-state index < -0.39 is 0 Å². The lowest BCUT2D eigenvalue weighted by Gasteiger charge is -2.22. The molecule has 17 heavy (non-hydrogen) atoms. The number of rotatable bonds is 6. The van der Waals surface area contributed by atoms with Crippen LogP contribution in [0.2, 0.25) is 0 Å². The van der Waals surface area contributed by atoms with E-state index in [0.717, 1.165) is 17.6 Å². The summed E-state index contributed by atoms with van der Waals surface area (Å²) in [5.41, 5.74) is 7.08. The van der Waals surface area contributed by atoms with Crippen molar-refractivity contribution in [3.05, 3.63) is 34.3 Å². The van der Waals surface area contributed by atoms with Crippen molar-refractivity contribution in [1.82, 2.24) is 5.32 Å². The molecule has 0 aliphatic carbocycles. The molecule has 0 saturated heterocycles. The summed E-state index contributed by atoms with van der Waals surface area (Å²) in [6.07, 6.45) is 0. The number of nitrogens with one attached hydrogen (secondary N) is 1. The van der Waals surface area contributed by atoms with Gasteiger partial charge in [0.25, 0.3) is 0 Å². The van der Waals surface area contributed by atoms with E-state index in [2.05, 4.69) is 66.3 Å². The molecule has 0 saturated carbocycles. The molecule has 0 amide bonds. The number of hydrogen-bond donors (Lipinski definition) is 2. The van der Waals surface area contributed by atoms with E-state index in [1.165, 1.54) is 5.56 Å². The maximum Gasteiger partial charge on any atom is 0.0291 e. The van der Waals surface area contributed by atoms with Crippen molar-refractivity contribution in [3.8, 4) is 0 Å². The molecule has 1 rings (SSSR count). The Morgan fingerprint density at radius 2 is 1.76 bits per heavy atom. The van der Waals surface area contributed by atoms with Crippen LogP contribution in [0.3, 0.4) is 0 Å². The molecule has 2 unspecified atom stereocenters. The first-order valence-corrected chi connectivity index (χ1v) is 7.02. The van der Waals surface area contributed by atoms with E-state index in [9.17, 15) is 0 Å². The lowest BCUT2D eigenvalue weighted by atomic mass is 9.95. The molecule has 0 heterocycles. The molecule has 0 radical (unpaired) electrons. The van der Waals surface area contributed by atoms with E-state index in [0.29, 0.717) is 17.9 Å². The molecule has 0 fully saturated rings. The molecular weight excluding hydrogens is 276 g/mol. The van der Waals surface area contributed by atoms with E-state index in [4.69, 9.17) is 5.73 Å². The van der Waals surface area contributed by atoms with Crippen LogP contribution in [0.1, 0.15) is 32.4 Å². The summed E-state index contributed by atoms with van der Waals surface area (Å²) in [5, 5.41) is 3.56. The standard InChI is InChI=1S/C14H23BrN2/c1-10(2)13(8-16)9-17-11(3)12-4-6-14(15)7-5-12/h4-7,10-11,13,17H,8-9,16H2,1-3H3. The van der Waals surface area contributed by atoms with Gasteiger partial charge in [0.1, 0.15) is 0 Å². The summed E-state index contributed by atoms with van der Waals surface area (Å²) in [7, 11) is 0. The molecule has 2 atom stereocenters. The minimum Gasteiger partial charge on any atom is -0.330 e. The zero-order valence-electron chi connectivity index (χ0n) is 10.9. The Hall–Kier alpha value is -0.380. The zero-order chi connectivity index (χ0) is 12.8. The highest BCUT2D eigenvalue weighted by Gasteiger charge is 2.13. The van der Waals surface area contributed by atoms with Crippen LogP contribution < -0.4 is 11.1 Å². The summed E-state index contributed by atoms with van der Waals surface area (Å²) in [6.45, 7) is 8.37. The van der Waals surface area contributed by atoms with Gasteiger partial charge in [-0.2, -0.15) is 0 Å². The lowest BCUT2D eigenvalue weighted by Crippen LogP contribution is -2.33. The fraction of sp³-hybridized carbons (Fsp3) is 0.571. The molecule has 1 aromatic rings. The maximum atomic E-state index is 5.77. The van der Waals surface area contributed by atoms with Crippen molar-refractivity contribution in [2.45, 2.75) is 26.8 Å². The van der Waals surface area contributed by atoms with Gasteiger partial charge in [-0.15, -0.1) is 0 Å². The monoisotopic (exact) mass is 298 g/mol. The SMILES string of the molecule is CC(NCC(CN)C(C)C)c1ccc(Br)cc1. The second kappa shape index (κ2) is 7.14. The van der Waals surface area contributed by atoms with E-state index in [1.54, 1.807) is 0 Å². The van der Waals surface area contributed by atoms with Crippen LogP contribution in [-0.4, -0.2) is 13.1 Å². The highest BCUT2D eigenvalue weighted by Crippen LogP contribution is 2.17. The number of halogens is 1. The Kier molecular flexibility index (Phi) is 6.17. The molecular formula is C14H23BrN2. The van der Waals surface area contributed by atoms with Crippen LogP contribution in [0.25, 0.3) is 0 Å². The predicted molar refractivity (Wildman–Crippen MR) is 77.9 cm³/mol. The van der Waals surface area contributed by atoms with Gasteiger partial charge in [-0.05, 0) is 49.5 Å². The Balaban J connectivity index is 2.49. The van der Waals surface area contributed by atoms with Crippen LogP contribution in [-0.2, 0) is 0 Å². The summed E-state index contributed by atoms with van der Waals surface area (Å²) < 4.78 is 1.12. The van der Waals surface area contributed by atoms with Crippen LogP contribution in [0, 0.1) is 11.8 Å². The van der Waals surface area contributed by atoms with Crippen LogP contribution in [0.15, 0.2) is 28.7 Å². The summed E-state index contributed by atoms with van der Waals surface area (Å²) in [5.74, 6) is 1.18. The zero-order valence-corrected chi connectivity index (χ0v) is 12.5. The van der Waals surface area contributed by atoms with E-state index in [1.807, 2.05) is 0 Å². The van der Waals surface area contributed by atoms with E-state index in [-0.39, 0.29) is 0 Å². The molecule has 0 aromatic heterocycles. The highest BCUT2D eigenvalue weighted by atomic mass is 79.9. The molecule has 2 nitrogen and oxygen atoms in total. The molecule has 1 aromatic carbocycles. The number of benzene rings is 1. The fourth-order valence-electron chi connectivity index (χ4n) is 1.79. The molecule has 3 N–H and O–H groups in total. The predicted octanol–water partition coefficient (Wildman–Crippen LogP) is 3.33.